The molecule has 0 radical (unpaired) electrons. The Labute approximate surface area is 127 Å². The van der Waals surface area contributed by atoms with Crippen LogP contribution in [0.3, 0.4) is 0 Å². The molecule has 110 valence electrons. The third kappa shape index (κ3) is 3.28. The van der Waals surface area contributed by atoms with Gasteiger partial charge in [0.25, 0.3) is 13.5 Å². The van der Waals surface area contributed by atoms with Crippen molar-refractivity contribution in [3.63, 3.8) is 0 Å². The zero-order valence-corrected chi connectivity index (χ0v) is 15.1. The summed E-state index contributed by atoms with van der Waals surface area (Å²) in [6, 6.07) is 0. The van der Waals surface area contributed by atoms with Crippen molar-refractivity contribution in [2.45, 2.75) is 19.3 Å². The lowest BCUT2D eigenvalue weighted by molar-refractivity contribution is 0.310. The standard InChI is InChI=1S/C7H15Cl3N5OP3/c8-17(9)12-18(10,15-5-1-2-6-15)14-19(13-17)11-4-3-7-16-19/h11H,1-7H2/t18-,19-/m1/s1. The molecule has 3 aliphatic rings. The van der Waals surface area contributed by atoms with Crippen molar-refractivity contribution in [3.8, 4) is 0 Å². The molecule has 0 aromatic rings. The minimum Gasteiger partial charge on any atom is -0.316 e. The maximum atomic E-state index is 6.70. The lowest BCUT2D eigenvalue weighted by Gasteiger charge is -2.34. The molecule has 0 saturated carbocycles. The van der Waals surface area contributed by atoms with E-state index >= 15 is 0 Å². The second-order valence-electron chi connectivity index (χ2n) is 4.52. The highest BCUT2D eigenvalue weighted by atomic mass is 35.9. The molecule has 0 bridgehead atoms. The van der Waals surface area contributed by atoms with Gasteiger partial charge in [-0.3, -0.25) is 0 Å². The molecular weight excluding hydrogens is 369 g/mol. The van der Waals surface area contributed by atoms with Crippen LogP contribution >= 0.6 is 53.9 Å². The predicted molar refractivity (Wildman–Crippen MR) is 85.0 cm³/mol. The van der Waals surface area contributed by atoms with Crippen molar-refractivity contribution in [1.82, 2.24) is 9.76 Å². The molecule has 0 aromatic carbocycles. The maximum Gasteiger partial charge on any atom is 0.279 e. The van der Waals surface area contributed by atoms with Gasteiger partial charge in [-0.2, -0.15) is 13.5 Å². The lowest BCUT2D eigenvalue weighted by atomic mass is 10.4. The van der Waals surface area contributed by atoms with Crippen molar-refractivity contribution < 1.29 is 4.52 Å². The number of rotatable bonds is 1. The van der Waals surface area contributed by atoms with E-state index in [1.807, 2.05) is 0 Å². The van der Waals surface area contributed by atoms with E-state index in [1.54, 1.807) is 0 Å². The minimum absolute atomic E-state index is 0.610. The van der Waals surface area contributed by atoms with E-state index in [4.69, 9.17) is 38.2 Å². The Balaban J connectivity index is 2.09. The summed E-state index contributed by atoms with van der Waals surface area (Å²) in [4.78, 5) is 0. The molecule has 2 saturated heterocycles. The normalized spacial score (nSPS) is 42.5. The Bertz CT molecular complexity index is 530. The molecule has 1 N–H and O–H groups in total. The average molecular weight is 385 g/mol. The largest absolute Gasteiger partial charge is 0.316 e. The number of nitrogens with one attached hydrogen (secondary N) is 1. The van der Waals surface area contributed by atoms with Gasteiger partial charge in [0.05, 0.1) is 6.61 Å². The van der Waals surface area contributed by atoms with Crippen molar-refractivity contribution in [1.29, 1.82) is 0 Å². The highest BCUT2D eigenvalue weighted by Gasteiger charge is 2.40. The Morgan fingerprint density at radius 1 is 1.00 bits per heavy atom. The van der Waals surface area contributed by atoms with E-state index in [2.05, 4.69) is 23.3 Å². The topological polar surface area (TPSA) is 61.6 Å². The molecule has 0 aliphatic carbocycles. The summed E-state index contributed by atoms with van der Waals surface area (Å²) < 4.78 is 21.3. The molecule has 12 heteroatoms. The molecule has 6 nitrogen and oxygen atoms in total. The van der Waals surface area contributed by atoms with Crippen LogP contribution in [0.2, 0.25) is 0 Å². The Kier molecular flexibility index (Phi) is 4.50. The second-order valence-corrected chi connectivity index (χ2v) is 15.5. The molecule has 3 heterocycles. The number of nitrogens with zero attached hydrogens (tertiary/aromatic N) is 4. The third-order valence-corrected chi connectivity index (χ3v) is 15.1. The van der Waals surface area contributed by atoms with E-state index in [1.165, 1.54) is 0 Å². The fourth-order valence-corrected chi connectivity index (χ4v) is 16.8. The minimum atomic E-state index is -2.81. The quantitative estimate of drug-likeness (QED) is 0.593. The van der Waals surface area contributed by atoms with Gasteiger partial charge in [0, 0.05) is 19.6 Å². The molecular formula is C7H15Cl3N5OP3. The molecule has 3 aliphatic heterocycles. The summed E-state index contributed by atoms with van der Waals surface area (Å²) in [6.45, 7) is 0.623. The molecule has 19 heavy (non-hydrogen) atoms. The lowest BCUT2D eigenvalue weighted by Crippen LogP contribution is -2.22. The third-order valence-electron chi connectivity index (χ3n) is 3.04. The van der Waals surface area contributed by atoms with Gasteiger partial charge in [-0.05, 0) is 53.0 Å². The van der Waals surface area contributed by atoms with E-state index in [-0.39, 0.29) is 0 Å². The van der Waals surface area contributed by atoms with E-state index in [9.17, 15) is 0 Å². The van der Waals surface area contributed by atoms with Crippen molar-refractivity contribution >= 4 is 53.9 Å². The highest BCUT2D eigenvalue weighted by molar-refractivity contribution is 8.15. The van der Waals surface area contributed by atoms with Crippen molar-refractivity contribution in [2.75, 3.05) is 26.2 Å². The summed E-state index contributed by atoms with van der Waals surface area (Å²) in [5.41, 5.74) is 0. The molecule has 2 atom stereocenters. The highest BCUT2D eigenvalue weighted by Crippen LogP contribution is 2.84. The van der Waals surface area contributed by atoms with Gasteiger partial charge in [0.1, 0.15) is 0 Å². The molecule has 0 unspecified atom stereocenters. The van der Waals surface area contributed by atoms with Gasteiger partial charge in [-0.25, -0.2) is 9.76 Å². The van der Waals surface area contributed by atoms with Crippen LogP contribution in [0.4, 0.5) is 0 Å². The van der Waals surface area contributed by atoms with E-state index in [0.717, 1.165) is 38.9 Å². The van der Waals surface area contributed by atoms with Crippen LogP contribution in [0.25, 0.3) is 0 Å². The van der Waals surface area contributed by atoms with Gasteiger partial charge in [-0.1, -0.05) is 0 Å². The average Bonchev–Trinajstić information content (AvgIpc) is 2.80. The van der Waals surface area contributed by atoms with Crippen LogP contribution in [-0.4, -0.2) is 30.9 Å². The summed E-state index contributed by atoms with van der Waals surface area (Å²) in [6.07, 6.45) is 3.14. The molecule has 0 amide bonds. The summed E-state index contributed by atoms with van der Waals surface area (Å²) in [7, 11) is -2.51. The van der Waals surface area contributed by atoms with Crippen LogP contribution in [0.5, 0.6) is 0 Å². The van der Waals surface area contributed by atoms with Gasteiger partial charge in [0.2, 0.25) is 6.71 Å². The first-order valence-corrected chi connectivity index (χ1v) is 13.8. The van der Waals surface area contributed by atoms with Crippen molar-refractivity contribution in [3.05, 3.63) is 0 Å². The van der Waals surface area contributed by atoms with Crippen LogP contribution < -0.4 is 5.09 Å². The fraction of sp³-hybridized carbons (Fsp3) is 1.00. The Morgan fingerprint density at radius 3 is 2.37 bits per heavy atom. The van der Waals surface area contributed by atoms with Crippen LogP contribution in [0, 0.1) is 0 Å². The molecule has 0 aromatic heterocycles. The van der Waals surface area contributed by atoms with E-state index < -0.39 is 20.2 Å². The summed E-state index contributed by atoms with van der Waals surface area (Å²) in [5, 5.41) is 3.24. The molecule has 2 fully saturated rings. The Hall–Kier alpha value is 1.44. The zero-order chi connectivity index (χ0) is 13.6. The maximum absolute atomic E-state index is 6.70. The van der Waals surface area contributed by atoms with Gasteiger partial charge in [0.15, 0.2) is 0 Å². The summed E-state index contributed by atoms with van der Waals surface area (Å²) in [5.74, 6) is -2.81. The van der Waals surface area contributed by atoms with Crippen LogP contribution in [-0.2, 0) is 4.52 Å². The SMILES string of the molecule is ClP1(Cl)=N[P@@](Cl)(N2CCCC2)=N[P@]2(=N1)NCCCO2. The van der Waals surface area contributed by atoms with Crippen LogP contribution in [0.15, 0.2) is 13.5 Å². The number of halogens is 3. The monoisotopic (exact) mass is 383 g/mol. The first kappa shape index (κ1) is 15.3. The first-order valence-electron chi connectivity index (χ1n) is 6.09. The zero-order valence-electron chi connectivity index (χ0n) is 10.1. The van der Waals surface area contributed by atoms with Crippen molar-refractivity contribution in [2.24, 2.45) is 13.5 Å². The van der Waals surface area contributed by atoms with Gasteiger partial charge in [-0.15, -0.1) is 0 Å². The molecule has 1 spiro atoms. The fourth-order valence-electron chi connectivity index (χ4n) is 2.21. The number of hydrogen-bond donors (Lipinski definition) is 1. The Morgan fingerprint density at radius 2 is 1.74 bits per heavy atom. The van der Waals surface area contributed by atoms with Gasteiger partial charge >= 0.3 is 0 Å². The predicted octanol–water partition coefficient (Wildman–Crippen LogP) is 5.66. The first-order chi connectivity index (χ1) is 8.93. The number of hydrogen-bond acceptors (Lipinski definition) is 6. The molecule has 3 rings (SSSR count). The van der Waals surface area contributed by atoms with E-state index in [0.29, 0.717) is 6.61 Å². The smallest absolute Gasteiger partial charge is 0.279 e. The second kappa shape index (κ2) is 5.57. The van der Waals surface area contributed by atoms with Gasteiger partial charge < -0.3 is 4.52 Å². The van der Waals surface area contributed by atoms with Crippen LogP contribution in [0.1, 0.15) is 19.3 Å². The summed E-state index contributed by atoms with van der Waals surface area (Å²) >= 11 is 19.2.